The van der Waals surface area contributed by atoms with Gasteiger partial charge in [0.25, 0.3) is 0 Å². The summed E-state index contributed by atoms with van der Waals surface area (Å²) < 4.78 is 0. The van der Waals surface area contributed by atoms with Crippen LogP contribution in [-0.4, -0.2) is 12.5 Å². The van der Waals surface area contributed by atoms with Gasteiger partial charge in [0.05, 0.1) is 0 Å². The van der Waals surface area contributed by atoms with Crippen molar-refractivity contribution in [1.82, 2.24) is 0 Å². The highest BCUT2D eigenvalue weighted by atomic mass is 16.2. The first-order valence-corrected chi connectivity index (χ1v) is 4.50. The fourth-order valence-electron chi connectivity index (χ4n) is 1.60. The predicted molar refractivity (Wildman–Crippen MR) is 52.5 cm³/mol. The van der Waals surface area contributed by atoms with E-state index in [1.807, 2.05) is 29.2 Å². The van der Waals surface area contributed by atoms with Crippen molar-refractivity contribution in [3.8, 4) is 0 Å². The van der Waals surface area contributed by atoms with E-state index in [0.29, 0.717) is 6.42 Å². The Bertz CT molecular complexity index is 315. The Balaban J connectivity index is 2.25. The summed E-state index contributed by atoms with van der Waals surface area (Å²) in [5, 5.41) is 0. The largest absolute Gasteiger partial charge is 0.312 e. The fourth-order valence-corrected chi connectivity index (χ4v) is 1.60. The zero-order valence-corrected chi connectivity index (χ0v) is 7.49. The summed E-state index contributed by atoms with van der Waals surface area (Å²) >= 11 is 0. The van der Waals surface area contributed by atoms with E-state index in [4.69, 9.17) is 0 Å². The molecule has 0 N–H and O–H groups in total. The molecule has 1 radical (unpaired) electrons. The molecular weight excluding hydrogens is 162 g/mol. The van der Waals surface area contributed by atoms with Crippen molar-refractivity contribution in [2.75, 3.05) is 11.4 Å². The van der Waals surface area contributed by atoms with Crippen LogP contribution in [0.5, 0.6) is 0 Å². The van der Waals surface area contributed by atoms with Crippen molar-refractivity contribution in [3.63, 3.8) is 0 Å². The van der Waals surface area contributed by atoms with Crippen LogP contribution < -0.4 is 4.90 Å². The first kappa shape index (κ1) is 8.30. The molecule has 0 aliphatic carbocycles. The van der Waals surface area contributed by atoms with Crippen LogP contribution in [0.2, 0.25) is 0 Å². The standard InChI is InChI=1S/C11H12NO/c1-9-4-6-10(7-5-9)12-8-2-3-11(12)13/h4-7H,1-3,8H2. The zero-order valence-electron chi connectivity index (χ0n) is 7.49. The van der Waals surface area contributed by atoms with Gasteiger partial charge in [-0.3, -0.25) is 4.79 Å². The van der Waals surface area contributed by atoms with Gasteiger partial charge in [0.2, 0.25) is 5.91 Å². The summed E-state index contributed by atoms with van der Waals surface area (Å²) in [6.45, 7) is 4.66. The SMILES string of the molecule is [CH2]c1ccc(N2CCCC2=O)cc1. The van der Waals surface area contributed by atoms with Crippen molar-refractivity contribution in [3.05, 3.63) is 36.8 Å². The Kier molecular flexibility index (Phi) is 2.05. The first-order chi connectivity index (χ1) is 6.27. The lowest BCUT2D eigenvalue weighted by molar-refractivity contribution is -0.117. The normalized spacial score (nSPS) is 16.7. The number of nitrogens with zero attached hydrogens (tertiary/aromatic N) is 1. The maximum absolute atomic E-state index is 11.4. The number of amides is 1. The Labute approximate surface area is 78.2 Å². The van der Waals surface area contributed by atoms with E-state index >= 15 is 0 Å². The summed E-state index contributed by atoms with van der Waals surface area (Å²) in [6, 6.07) is 7.76. The zero-order chi connectivity index (χ0) is 9.26. The summed E-state index contributed by atoms with van der Waals surface area (Å²) in [4.78, 5) is 13.2. The van der Waals surface area contributed by atoms with Gasteiger partial charge in [-0.05, 0) is 31.0 Å². The molecule has 0 aromatic heterocycles. The van der Waals surface area contributed by atoms with Crippen molar-refractivity contribution in [2.45, 2.75) is 12.8 Å². The third-order valence-electron chi connectivity index (χ3n) is 2.32. The number of carbonyl (C=O) groups excluding carboxylic acids is 1. The summed E-state index contributed by atoms with van der Waals surface area (Å²) in [6.07, 6.45) is 1.66. The monoisotopic (exact) mass is 174 g/mol. The van der Waals surface area contributed by atoms with Crippen LogP contribution in [0.4, 0.5) is 5.69 Å². The van der Waals surface area contributed by atoms with Crippen molar-refractivity contribution in [1.29, 1.82) is 0 Å². The minimum atomic E-state index is 0.233. The highest BCUT2D eigenvalue weighted by Gasteiger charge is 2.20. The molecule has 1 saturated heterocycles. The van der Waals surface area contributed by atoms with E-state index in [2.05, 4.69) is 6.92 Å². The van der Waals surface area contributed by atoms with E-state index in [9.17, 15) is 4.79 Å². The molecule has 2 nitrogen and oxygen atoms in total. The lowest BCUT2D eigenvalue weighted by atomic mass is 10.2. The van der Waals surface area contributed by atoms with E-state index in [0.717, 1.165) is 24.2 Å². The second kappa shape index (κ2) is 3.21. The molecule has 2 rings (SSSR count). The van der Waals surface area contributed by atoms with Crippen LogP contribution in [-0.2, 0) is 4.79 Å². The fraction of sp³-hybridized carbons (Fsp3) is 0.273. The molecule has 1 amide bonds. The molecule has 1 aromatic rings. The second-order valence-corrected chi connectivity index (χ2v) is 3.32. The molecule has 0 unspecified atom stereocenters. The third kappa shape index (κ3) is 1.57. The minimum Gasteiger partial charge on any atom is -0.312 e. The lowest BCUT2D eigenvalue weighted by Gasteiger charge is -2.15. The number of carbonyl (C=O) groups is 1. The molecule has 67 valence electrons. The van der Waals surface area contributed by atoms with Gasteiger partial charge in [-0.15, -0.1) is 0 Å². The smallest absolute Gasteiger partial charge is 0.227 e. The van der Waals surface area contributed by atoms with Gasteiger partial charge in [-0.1, -0.05) is 12.1 Å². The molecule has 13 heavy (non-hydrogen) atoms. The summed E-state index contributed by atoms with van der Waals surface area (Å²) in [5.41, 5.74) is 1.98. The van der Waals surface area contributed by atoms with Gasteiger partial charge in [0.1, 0.15) is 0 Å². The van der Waals surface area contributed by atoms with E-state index in [1.165, 1.54) is 0 Å². The Morgan fingerprint density at radius 3 is 2.46 bits per heavy atom. The first-order valence-electron chi connectivity index (χ1n) is 4.50. The average molecular weight is 174 g/mol. The van der Waals surface area contributed by atoms with Crippen LogP contribution in [0, 0.1) is 6.92 Å². The maximum Gasteiger partial charge on any atom is 0.227 e. The van der Waals surface area contributed by atoms with Gasteiger partial charge in [0, 0.05) is 18.7 Å². The predicted octanol–water partition coefficient (Wildman–Crippen LogP) is 2.00. The van der Waals surface area contributed by atoms with Crippen LogP contribution in [0.15, 0.2) is 24.3 Å². The number of hydrogen-bond donors (Lipinski definition) is 0. The molecule has 0 bridgehead atoms. The molecule has 0 saturated carbocycles. The topological polar surface area (TPSA) is 20.3 Å². The molecule has 1 fully saturated rings. The molecule has 0 atom stereocenters. The number of benzene rings is 1. The lowest BCUT2D eigenvalue weighted by Crippen LogP contribution is -2.23. The molecule has 1 aliphatic rings. The number of anilines is 1. The van der Waals surface area contributed by atoms with E-state index < -0.39 is 0 Å². The molecule has 1 aromatic carbocycles. The maximum atomic E-state index is 11.4. The third-order valence-corrected chi connectivity index (χ3v) is 2.32. The second-order valence-electron chi connectivity index (χ2n) is 3.32. The quantitative estimate of drug-likeness (QED) is 0.637. The van der Waals surface area contributed by atoms with Gasteiger partial charge in [-0.2, -0.15) is 0 Å². The molecule has 2 heteroatoms. The Hall–Kier alpha value is -1.31. The van der Waals surface area contributed by atoms with Crippen LogP contribution in [0.1, 0.15) is 18.4 Å². The molecular formula is C11H12NO. The molecule has 1 aliphatic heterocycles. The van der Waals surface area contributed by atoms with E-state index in [-0.39, 0.29) is 5.91 Å². The van der Waals surface area contributed by atoms with Gasteiger partial charge in [-0.25, -0.2) is 0 Å². The number of rotatable bonds is 1. The van der Waals surface area contributed by atoms with Crippen LogP contribution >= 0.6 is 0 Å². The van der Waals surface area contributed by atoms with Crippen molar-refractivity contribution in [2.24, 2.45) is 0 Å². The van der Waals surface area contributed by atoms with Gasteiger partial charge >= 0.3 is 0 Å². The highest BCUT2D eigenvalue weighted by molar-refractivity contribution is 5.95. The molecule has 1 heterocycles. The number of hydrogen-bond acceptors (Lipinski definition) is 1. The Morgan fingerprint density at radius 2 is 1.92 bits per heavy atom. The Morgan fingerprint density at radius 1 is 1.23 bits per heavy atom. The highest BCUT2D eigenvalue weighted by Crippen LogP contribution is 2.21. The summed E-state index contributed by atoms with van der Waals surface area (Å²) in [5.74, 6) is 0.233. The van der Waals surface area contributed by atoms with Crippen molar-refractivity contribution < 1.29 is 4.79 Å². The van der Waals surface area contributed by atoms with Crippen molar-refractivity contribution >= 4 is 11.6 Å². The van der Waals surface area contributed by atoms with Crippen LogP contribution in [0.3, 0.4) is 0 Å². The van der Waals surface area contributed by atoms with Crippen LogP contribution in [0.25, 0.3) is 0 Å². The molecule has 0 spiro atoms. The van der Waals surface area contributed by atoms with Gasteiger partial charge in [0.15, 0.2) is 0 Å². The summed E-state index contributed by atoms with van der Waals surface area (Å²) in [7, 11) is 0. The van der Waals surface area contributed by atoms with Gasteiger partial charge < -0.3 is 4.90 Å². The van der Waals surface area contributed by atoms with E-state index in [1.54, 1.807) is 0 Å². The minimum absolute atomic E-state index is 0.233. The average Bonchev–Trinajstić information content (AvgIpc) is 2.53.